The molecule has 0 amide bonds. The second kappa shape index (κ2) is 6.02. The normalized spacial score (nSPS) is 16.9. The molecule has 110 valence electrons. The summed E-state index contributed by atoms with van der Waals surface area (Å²) in [5.41, 5.74) is 2.62. The van der Waals surface area contributed by atoms with Crippen LogP contribution in [-0.4, -0.2) is 22.6 Å². The van der Waals surface area contributed by atoms with Gasteiger partial charge in [0.15, 0.2) is 5.82 Å². The number of nitrogens with one attached hydrogen (secondary N) is 1. The van der Waals surface area contributed by atoms with Crippen LogP contribution in [0.2, 0.25) is 0 Å². The number of anilines is 3. The molecule has 1 aromatic carbocycles. The van der Waals surface area contributed by atoms with Crippen molar-refractivity contribution in [1.29, 1.82) is 0 Å². The van der Waals surface area contributed by atoms with Gasteiger partial charge in [0.25, 0.3) is 0 Å². The van der Waals surface area contributed by atoms with Crippen molar-refractivity contribution in [3.05, 3.63) is 40.6 Å². The zero-order valence-corrected chi connectivity index (χ0v) is 13.9. The molecule has 0 bridgehead atoms. The number of halogens is 1. The van der Waals surface area contributed by atoms with Crippen LogP contribution in [0.25, 0.3) is 0 Å². The number of hydrogen-bond acceptors (Lipinski definition) is 4. The Hall–Kier alpha value is -1.62. The van der Waals surface area contributed by atoms with Crippen LogP contribution in [0.4, 0.5) is 17.3 Å². The second-order valence-electron chi connectivity index (χ2n) is 5.34. The molecule has 0 radical (unpaired) electrons. The Morgan fingerprint density at radius 2 is 2.14 bits per heavy atom. The first kappa shape index (κ1) is 14.3. The van der Waals surface area contributed by atoms with Crippen LogP contribution in [0.1, 0.15) is 25.8 Å². The van der Waals surface area contributed by atoms with Crippen molar-refractivity contribution in [1.82, 2.24) is 9.97 Å². The van der Waals surface area contributed by atoms with E-state index in [1.165, 1.54) is 11.3 Å². The van der Waals surface area contributed by atoms with Crippen LogP contribution in [-0.2, 0) is 6.42 Å². The topological polar surface area (TPSA) is 41.1 Å². The highest BCUT2D eigenvalue weighted by atomic mass is 79.9. The van der Waals surface area contributed by atoms with Gasteiger partial charge >= 0.3 is 0 Å². The third-order valence-electron chi connectivity index (χ3n) is 3.75. The lowest BCUT2D eigenvalue weighted by Crippen LogP contribution is -2.25. The third-order valence-corrected chi connectivity index (χ3v) is 4.48. The molecule has 0 saturated carbocycles. The molecular weight excluding hydrogens is 328 g/mol. The summed E-state index contributed by atoms with van der Waals surface area (Å²) in [6, 6.07) is 8.92. The van der Waals surface area contributed by atoms with E-state index in [2.05, 4.69) is 74.2 Å². The van der Waals surface area contributed by atoms with Gasteiger partial charge in [-0.15, -0.1) is 0 Å². The quantitative estimate of drug-likeness (QED) is 0.902. The Morgan fingerprint density at radius 1 is 1.33 bits per heavy atom. The van der Waals surface area contributed by atoms with Gasteiger partial charge in [-0.1, -0.05) is 25.1 Å². The van der Waals surface area contributed by atoms with Gasteiger partial charge in [-0.2, -0.15) is 0 Å². The molecule has 2 heterocycles. The fourth-order valence-corrected chi connectivity index (χ4v) is 3.32. The molecule has 2 aromatic rings. The highest BCUT2D eigenvalue weighted by molar-refractivity contribution is 9.10. The van der Waals surface area contributed by atoms with Gasteiger partial charge in [0, 0.05) is 18.3 Å². The lowest BCUT2D eigenvalue weighted by atomic mass is 10.1. The summed E-state index contributed by atoms with van der Waals surface area (Å²) in [7, 11) is 0. The number of fused-ring (bicyclic) bond motifs is 1. The SMILES string of the molecule is CCCNc1ncnc(N2c3ccccc3CC2C)c1Br. The number of benzene rings is 1. The van der Waals surface area contributed by atoms with E-state index in [4.69, 9.17) is 0 Å². The molecule has 1 aliphatic heterocycles. The first-order valence-corrected chi connectivity index (χ1v) is 8.13. The molecule has 0 saturated heterocycles. The van der Waals surface area contributed by atoms with Crippen molar-refractivity contribution in [2.45, 2.75) is 32.7 Å². The summed E-state index contributed by atoms with van der Waals surface area (Å²) >= 11 is 3.67. The van der Waals surface area contributed by atoms with E-state index in [9.17, 15) is 0 Å². The van der Waals surface area contributed by atoms with Gasteiger partial charge < -0.3 is 10.2 Å². The maximum Gasteiger partial charge on any atom is 0.153 e. The van der Waals surface area contributed by atoms with Crippen LogP contribution in [0.15, 0.2) is 35.1 Å². The predicted octanol–water partition coefficient (Wildman–Crippen LogP) is 4.14. The summed E-state index contributed by atoms with van der Waals surface area (Å²) in [5.74, 6) is 1.79. The minimum absolute atomic E-state index is 0.396. The van der Waals surface area contributed by atoms with Crippen molar-refractivity contribution >= 4 is 33.3 Å². The summed E-state index contributed by atoms with van der Waals surface area (Å²) in [4.78, 5) is 11.1. The van der Waals surface area contributed by atoms with Crippen LogP contribution in [0, 0.1) is 0 Å². The second-order valence-corrected chi connectivity index (χ2v) is 6.13. The van der Waals surface area contributed by atoms with E-state index < -0.39 is 0 Å². The van der Waals surface area contributed by atoms with Crippen molar-refractivity contribution in [2.75, 3.05) is 16.8 Å². The first-order valence-electron chi connectivity index (χ1n) is 7.34. The van der Waals surface area contributed by atoms with Gasteiger partial charge in [-0.05, 0) is 47.3 Å². The number of aromatic nitrogens is 2. The molecule has 1 atom stereocenters. The summed E-state index contributed by atoms with van der Waals surface area (Å²) in [6.45, 7) is 5.27. The molecule has 1 aromatic heterocycles. The summed E-state index contributed by atoms with van der Waals surface area (Å²) < 4.78 is 0.932. The Kier molecular flexibility index (Phi) is 4.10. The number of para-hydroxylation sites is 1. The van der Waals surface area contributed by atoms with Gasteiger partial charge in [-0.3, -0.25) is 0 Å². The molecule has 1 N–H and O–H groups in total. The van der Waals surface area contributed by atoms with E-state index in [0.717, 1.165) is 35.5 Å². The summed E-state index contributed by atoms with van der Waals surface area (Å²) in [5, 5.41) is 3.34. The zero-order valence-electron chi connectivity index (χ0n) is 12.3. The van der Waals surface area contributed by atoms with Crippen molar-refractivity contribution in [3.63, 3.8) is 0 Å². The minimum atomic E-state index is 0.396. The molecule has 4 nitrogen and oxygen atoms in total. The maximum absolute atomic E-state index is 4.51. The largest absolute Gasteiger partial charge is 0.369 e. The molecule has 1 unspecified atom stereocenters. The number of hydrogen-bond donors (Lipinski definition) is 1. The monoisotopic (exact) mass is 346 g/mol. The van der Waals surface area contributed by atoms with E-state index in [-0.39, 0.29) is 0 Å². The van der Waals surface area contributed by atoms with Crippen LogP contribution < -0.4 is 10.2 Å². The zero-order chi connectivity index (χ0) is 14.8. The Bertz CT molecular complexity index is 644. The van der Waals surface area contributed by atoms with Gasteiger partial charge in [0.05, 0.1) is 0 Å². The molecule has 0 fully saturated rings. The molecule has 0 spiro atoms. The van der Waals surface area contributed by atoms with Crippen molar-refractivity contribution in [3.8, 4) is 0 Å². The Labute approximate surface area is 133 Å². The van der Waals surface area contributed by atoms with Crippen LogP contribution in [0.5, 0.6) is 0 Å². The van der Waals surface area contributed by atoms with Gasteiger partial charge in [0.1, 0.15) is 16.6 Å². The average molecular weight is 347 g/mol. The van der Waals surface area contributed by atoms with Crippen LogP contribution >= 0.6 is 15.9 Å². The molecule has 0 aliphatic carbocycles. The third kappa shape index (κ3) is 2.62. The molecule has 3 rings (SSSR count). The molecule has 21 heavy (non-hydrogen) atoms. The highest BCUT2D eigenvalue weighted by Gasteiger charge is 2.29. The van der Waals surface area contributed by atoms with Gasteiger partial charge in [0.2, 0.25) is 0 Å². The smallest absolute Gasteiger partial charge is 0.153 e. The lowest BCUT2D eigenvalue weighted by Gasteiger charge is -2.25. The van der Waals surface area contributed by atoms with E-state index in [1.54, 1.807) is 6.33 Å². The Balaban J connectivity index is 2.01. The van der Waals surface area contributed by atoms with Crippen LogP contribution in [0.3, 0.4) is 0 Å². The van der Waals surface area contributed by atoms with Crippen molar-refractivity contribution in [2.24, 2.45) is 0 Å². The molecular formula is C16H19BrN4. The van der Waals surface area contributed by atoms with Gasteiger partial charge in [-0.25, -0.2) is 9.97 Å². The predicted molar refractivity (Wildman–Crippen MR) is 90.3 cm³/mol. The fraction of sp³-hybridized carbons (Fsp3) is 0.375. The summed E-state index contributed by atoms with van der Waals surface area (Å²) in [6.07, 6.45) is 3.74. The van der Waals surface area contributed by atoms with E-state index in [1.807, 2.05) is 0 Å². The molecule has 1 aliphatic rings. The first-order chi connectivity index (χ1) is 10.2. The standard InChI is InChI=1S/C16H19BrN4/c1-3-8-18-15-14(17)16(20-10-19-15)21-11(2)9-12-6-4-5-7-13(12)21/h4-7,10-11H,3,8-9H2,1-2H3,(H,18,19,20). The van der Waals surface area contributed by atoms with Crippen molar-refractivity contribution < 1.29 is 0 Å². The Morgan fingerprint density at radius 3 is 2.95 bits per heavy atom. The average Bonchev–Trinajstić information content (AvgIpc) is 2.82. The fourth-order valence-electron chi connectivity index (χ4n) is 2.78. The molecule has 5 heteroatoms. The van der Waals surface area contributed by atoms with E-state index in [0.29, 0.717) is 6.04 Å². The lowest BCUT2D eigenvalue weighted by molar-refractivity contribution is 0.747. The minimum Gasteiger partial charge on any atom is -0.369 e. The number of nitrogens with zero attached hydrogens (tertiary/aromatic N) is 3. The van der Waals surface area contributed by atoms with E-state index >= 15 is 0 Å². The highest BCUT2D eigenvalue weighted by Crippen LogP contribution is 2.41. The maximum atomic E-state index is 4.51. The number of rotatable bonds is 4.